The highest BCUT2D eigenvalue weighted by Crippen LogP contribution is 2.25. The average Bonchev–Trinajstić information content (AvgIpc) is 2.93. The highest BCUT2D eigenvalue weighted by molar-refractivity contribution is 7.09. The summed E-state index contributed by atoms with van der Waals surface area (Å²) in [7, 11) is 1.91. The van der Waals surface area contributed by atoms with Crippen molar-refractivity contribution in [3.8, 4) is 0 Å². The van der Waals surface area contributed by atoms with Crippen LogP contribution in [0.15, 0.2) is 17.9 Å². The molecule has 3 heterocycles. The number of aromatic nitrogens is 3. The summed E-state index contributed by atoms with van der Waals surface area (Å²) < 4.78 is 0. The second-order valence-corrected chi connectivity index (χ2v) is 6.85. The minimum Gasteiger partial charge on any atom is -0.372 e. The van der Waals surface area contributed by atoms with Crippen molar-refractivity contribution in [1.29, 1.82) is 0 Å². The lowest BCUT2D eigenvalue weighted by Crippen LogP contribution is -2.35. The molecule has 2 aromatic rings. The zero-order valence-electron chi connectivity index (χ0n) is 13.2. The monoisotopic (exact) mass is 317 g/mol. The maximum absolute atomic E-state index is 4.51. The van der Waals surface area contributed by atoms with Crippen molar-refractivity contribution in [2.75, 3.05) is 25.5 Å². The lowest BCUT2D eigenvalue weighted by atomic mass is 9.93. The van der Waals surface area contributed by atoms with E-state index < -0.39 is 0 Å². The SMILES string of the molecule is CNc1nccnc1C[C@H]1CCCN(Cc2scnc2C)C1. The third-order valence-corrected chi connectivity index (χ3v) is 5.23. The summed E-state index contributed by atoms with van der Waals surface area (Å²) in [6, 6.07) is 0. The first-order valence-corrected chi connectivity index (χ1v) is 8.73. The van der Waals surface area contributed by atoms with Gasteiger partial charge in [0.25, 0.3) is 0 Å². The molecule has 0 spiro atoms. The molecule has 1 aliphatic rings. The number of aryl methyl sites for hydroxylation is 1. The van der Waals surface area contributed by atoms with Gasteiger partial charge in [-0.1, -0.05) is 0 Å². The van der Waals surface area contributed by atoms with E-state index in [-0.39, 0.29) is 0 Å². The van der Waals surface area contributed by atoms with Gasteiger partial charge in [0, 0.05) is 37.4 Å². The molecule has 2 aromatic heterocycles. The second-order valence-electron chi connectivity index (χ2n) is 5.91. The van der Waals surface area contributed by atoms with Crippen molar-refractivity contribution in [2.45, 2.75) is 32.7 Å². The summed E-state index contributed by atoms with van der Waals surface area (Å²) in [6.45, 7) is 5.46. The minimum absolute atomic E-state index is 0.658. The molecule has 0 aromatic carbocycles. The number of piperidine rings is 1. The maximum Gasteiger partial charge on any atom is 0.147 e. The van der Waals surface area contributed by atoms with E-state index in [9.17, 15) is 0 Å². The Morgan fingerprint density at radius 3 is 2.95 bits per heavy atom. The van der Waals surface area contributed by atoms with Crippen molar-refractivity contribution in [3.05, 3.63) is 34.2 Å². The number of hydrogen-bond donors (Lipinski definition) is 1. The fourth-order valence-corrected chi connectivity index (χ4v) is 3.96. The van der Waals surface area contributed by atoms with Gasteiger partial charge < -0.3 is 5.32 Å². The van der Waals surface area contributed by atoms with Crippen LogP contribution < -0.4 is 5.32 Å². The molecule has 0 unspecified atom stereocenters. The maximum atomic E-state index is 4.51. The minimum atomic E-state index is 0.658. The van der Waals surface area contributed by atoms with Gasteiger partial charge in [0.2, 0.25) is 0 Å². The normalized spacial score (nSPS) is 19.3. The van der Waals surface area contributed by atoms with Gasteiger partial charge in [-0.25, -0.2) is 9.97 Å². The number of nitrogens with zero attached hydrogens (tertiary/aromatic N) is 4. The molecule has 1 aliphatic heterocycles. The molecule has 22 heavy (non-hydrogen) atoms. The Morgan fingerprint density at radius 1 is 1.32 bits per heavy atom. The van der Waals surface area contributed by atoms with Gasteiger partial charge in [0.15, 0.2) is 0 Å². The Bertz CT molecular complexity index is 612. The molecule has 118 valence electrons. The third kappa shape index (κ3) is 3.62. The van der Waals surface area contributed by atoms with E-state index in [1.54, 1.807) is 23.7 Å². The summed E-state index contributed by atoms with van der Waals surface area (Å²) in [4.78, 5) is 17.2. The van der Waals surface area contributed by atoms with Crippen LogP contribution in [0.2, 0.25) is 0 Å². The molecule has 5 nitrogen and oxygen atoms in total. The molecule has 0 amide bonds. The first kappa shape index (κ1) is 15.4. The third-order valence-electron chi connectivity index (χ3n) is 4.31. The lowest BCUT2D eigenvalue weighted by Gasteiger charge is -2.32. The van der Waals surface area contributed by atoms with E-state index in [2.05, 4.69) is 32.1 Å². The number of nitrogens with one attached hydrogen (secondary N) is 1. The fourth-order valence-electron chi connectivity index (χ4n) is 3.14. The second kappa shape index (κ2) is 7.15. The summed E-state index contributed by atoms with van der Waals surface area (Å²) in [5, 5.41) is 3.15. The number of thiazole rings is 1. The number of likely N-dealkylation sites (tertiary alicyclic amines) is 1. The average molecular weight is 317 g/mol. The smallest absolute Gasteiger partial charge is 0.147 e. The van der Waals surface area contributed by atoms with Gasteiger partial charge in [0.1, 0.15) is 5.82 Å². The first-order chi connectivity index (χ1) is 10.8. The molecule has 1 saturated heterocycles. The van der Waals surface area contributed by atoms with Gasteiger partial charge in [-0.15, -0.1) is 11.3 Å². The van der Waals surface area contributed by atoms with Crippen LogP contribution in [0.1, 0.15) is 29.1 Å². The van der Waals surface area contributed by atoms with Crippen LogP contribution in [0.4, 0.5) is 5.82 Å². The van der Waals surface area contributed by atoms with Crippen molar-refractivity contribution >= 4 is 17.2 Å². The molecule has 1 N–H and O–H groups in total. The van der Waals surface area contributed by atoms with E-state index in [0.717, 1.165) is 31.0 Å². The summed E-state index contributed by atoms with van der Waals surface area (Å²) >= 11 is 1.77. The molecule has 0 radical (unpaired) electrons. The number of hydrogen-bond acceptors (Lipinski definition) is 6. The van der Waals surface area contributed by atoms with Crippen LogP contribution in [-0.2, 0) is 13.0 Å². The van der Waals surface area contributed by atoms with E-state index in [0.29, 0.717) is 5.92 Å². The zero-order valence-corrected chi connectivity index (χ0v) is 14.1. The van der Waals surface area contributed by atoms with Crippen molar-refractivity contribution in [1.82, 2.24) is 19.9 Å². The molecule has 0 saturated carbocycles. The van der Waals surface area contributed by atoms with Crippen LogP contribution >= 0.6 is 11.3 Å². The quantitative estimate of drug-likeness (QED) is 0.919. The van der Waals surface area contributed by atoms with Crippen molar-refractivity contribution in [3.63, 3.8) is 0 Å². The van der Waals surface area contributed by atoms with Gasteiger partial charge in [-0.3, -0.25) is 9.88 Å². The standard InChI is InChI=1S/C16H23N5S/c1-12-15(22-11-20-12)10-21-7-3-4-13(9-21)8-14-16(17-2)19-6-5-18-14/h5-6,11,13H,3-4,7-10H2,1-2H3,(H,17,19)/t13-/m1/s1. The van der Waals surface area contributed by atoms with Gasteiger partial charge in [-0.2, -0.15) is 0 Å². The molecule has 1 atom stereocenters. The lowest BCUT2D eigenvalue weighted by molar-refractivity contribution is 0.167. The van der Waals surface area contributed by atoms with E-state index in [1.165, 1.54) is 30.0 Å². The highest BCUT2D eigenvalue weighted by atomic mass is 32.1. The van der Waals surface area contributed by atoms with Crippen molar-refractivity contribution < 1.29 is 0 Å². The molecule has 6 heteroatoms. The van der Waals surface area contributed by atoms with Gasteiger partial charge in [-0.05, 0) is 38.6 Å². The first-order valence-electron chi connectivity index (χ1n) is 7.85. The highest BCUT2D eigenvalue weighted by Gasteiger charge is 2.22. The van der Waals surface area contributed by atoms with E-state index in [4.69, 9.17) is 0 Å². The molecule has 0 aliphatic carbocycles. The number of rotatable bonds is 5. The molecule has 0 bridgehead atoms. The largest absolute Gasteiger partial charge is 0.372 e. The zero-order chi connectivity index (χ0) is 15.4. The van der Waals surface area contributed by atoms with Gasteiger partial charge >= 0.3 is 0 Å². The van der Waals surface area contributed by atoms with Crippen LogP contribution in [0.3, 0.4) is 0 Å². The Labute approximate surface area is 135 Å². The van der Waals surface area contributed by atoms with Gasteiger partial charge in [0.05, 0.1) is 16.9 Å². The van der Waals surface area contributed by atoms with E-state index in [1.807, 2.05) is 12.6 Å². The summed E-state index contributed by atoms with van der Waals surface area (Å²) in [5.74, 6) is 1.57. The number of anilines is 1. The fraction of sp³-hybridized carbons (Fsp3) is 0.562. The topological polar surface area (TPSA) is 53.9 Å². The Balaban J connectivity index is 1.62. The molecular formula is C16H23N5S. The van der Waals surface area contributed by atoms with E-state index >= 15 is 0 Å². The van der Waals surface area contributed by atoms with Crippen LogP contribution in [0, 0.1) is 12.8 Å². The summed E-state index contributed by atoms with van der Waals surface area (Å²) in [6.07, 6.45) is 7.07. The van der Waals surface area contributed by atoms with Crippen LogP contribution in [0.5, 0.6) is 0 Å². The molecule has 1 fully saturated rings. The Morgan fingerprint density at radius 2 is 2.18 bits per heavy atom. The summed E-state index contributed by atoms with van der Waals surface area (Å²) in [5.41, 5.74) is 4.22. The Hall–Kier alpha value is -1.53. The van der Waals surface area contributed by atoms with Crippen LogP contribution in [0.25, 0.3) is 0 Å². The predicted octanol–water partition coefficient (Wildman–Crippen LogP) is 2.74. The van der Waals surface area contributed by atoms with Crippen molar-refractivity contribution in [2.24, 2.45) is 5.92 Å². The predicted molar refractivity (Wildman–Crippen MR) is 90.1 cm³/mol. The molecular weight excluding hydrogens is 294 g/mol. The van der Waals surface area contributed by atoms with Crippen LogP contribution in [-0.4, -0.2) is 40.0 Å². The Kier molecular flexibility index (Phi) is 5.00. The molecule has 3 rings (SSSR count).